The van der Waals surface area contributed by atoms with Crippen LogP contribution in [0.25, 0.3) is 0 Å². The Morgan fingerprint density at radius 3 is 2.58 bits per heavy atom. The number of carboxylic acids is 2. The summed E-state index contributed by atoms with van der Waals surface area (Å²) in [7, 11) is 0. The zero-order valence-corrected chi connectivity index (χ0v) is 13.0. The Morgan fingerprint density at radius 2 is 2.04 bits per heavy atom. The number of carboxylic acid groups (broad SMARTS) is 2. The van der Waals surface area contributed by atoms with Crippen LogP contribution in [0.2, 0.25) is 5.02 Å². The highest BCUT2D eigenvalue weighted by Gasteiger charge is 2.78. The topological polar surface area (TPSA) is 130 Å². The Morgan fingerprint density at radius 1 is 1.38 bits per heavy atom. The number of rotatable bonds is 5. The quantitative estimate of drug-likeness (QED) is 0.601. The molecule has 0 bridgehead atoms. The molecule has 2 aliphatic carbocycles. The average molecular weight is 360 g/mol. The van der Waals surface area contributed by atoms with Crippen LogP contribution in [-0.2, 0) is 20.9 Å². The van der Waals surface area contributed by atoms with Crippen LogP contribution >= 0.6 is 11.6 Å². The lowest BCUT2D eigenvalue weighted by molar-refractivity contribution is -0.157. The molecule has 130 valence electrons. The van der Waals surface area contributed by atoms with E-state index in [1.54, 1.807) is 0 Å². The monoisotopic (exact) mass is 359 g/mol. The SMILES string of the molecule is N[C@]1(C(=O)O)[C@@H]2[C@@H](C(=O)O)[C@@H]2[C@@H](O)[C@H]1OCc1ccc(Cl)c(F)c1. The lowest BCUT2D eigenvalue weighted by Crippen LogP contribution is -2.61. The summed E-state index contributed by atoms with van der Waals surface area (Å²) in [6.45, 7) is -0.195. The maximum Gasteiger partial charge on any atom is 0.326 e. The predicted molar refractivity (Wildman–Crippen MR) is 78.7 cm³/mol. The Bertz CT molecular complexity index is 715. The van der Waals surface area contributed by atoms with Crippen molar-refractivity contribution < 1.29 is 34.0 Å². The molecule has 2 saturated carbocycles. The van der Waals surface area contributed by atoms with Gasteiger partial charge in [-0.1, -0.05) is 17.7 Å². The van der Waals surface area contributed by atoms with E-state index in [4.69, 9.17) is 27.2 Å². The van der Waals surface area contributed by atoms with E-state index in [0.717, 1.165) is 6.07 Å². The van der Waals surface area contributed by atoms with Crippen LogP contribution in [0.3, 0.4) is 0 Å². The van der Waals surface area contributed by atoms with E-state index in [1.807, 2.05) is 0 Å². The number of nitrogens with two attached hydrogens (primary N) is 1. The van der Waals surface area contributed by atoms with Crippen molar-refractivity contribution >= 4 is 23.5 Å². The van der Waals surface area contributed by atoms with Gasteiger partial charge in [-0.15, -0.1) is 0 Å². The summed E-state index contributed by atoms with van der Waals surface area (Å²) in [4.78, 5) is 22.7. The molecule has 5 N–H and O–H groups in total. The molecule has 0 aromatic heterocycles. The van der Waals surface area contributed by atoms with Gasteiger partial charge in [0.1, 0.15) is 17.5 Å². The van der Waals surface area contributed by atoms with E-state index < -0.39 is 53.3 Å². The van der Waals surface area contributed by atoms with Crippen molar-refractivity contribution in [3.63, 3.8) is 0 Å². The molecule has 0 unspecified atom stereocenters. The summed E-state index contributed by atoms with van der Waals surface area (Å²) < 4.78 is 18.9. The highest BCUT2D eigenvalue weighted by atomic mass is 35.5. The number of benzene rings is 1. The third-order valence-corrected chi connectivity index (χ3v) is 5.18. The molecule has 0 spiro atoms. The second-order valence-electron chi connectivity index (χ2n) is 6.18. The Kier molecular flexibility index (Phi) is 4.03. The number of ether oxygens (including phenoxy) is 1. The van der Waals surface area contributed by atoms with E-state index in [1.165, 1.54) is 12.1 Å². The van der Waals surface area contributed by atoms with Crippen molar-refractivity contribution in [1.82, 2.24) is 0 Å². The lowest BCUT2D eigenvalue weighted by atomic mass is 9.88. The molecule has 1 aromatic carbocycles. The van der Waals surface area contributed by atoms with Crippen molar-refractivity contribution in [3.8, 4) is 0 Å². The van der Waals surface area contributed by atoms with Gasteiger partial charge in [0.2, 0.25) is 0 Å². The largest absolute Gasteiger partial charge is 0.481 e. The van der Waals surface area contributed by atoms with Gasteiger partial charge in [0.15, 0.2) is 0 Å². The number of fused-ring (bicyclic) bond motifs is 1. The smallest absolute Gasteiger partial charge is 0.326 e. The summed E-state index contributed by atoms with van der Waals surface area (Å²) in [6, 6.07) is 3.95. The summed E-state index contributed by atoms with van der Waals surface area (Å²) >= 11 is 5.58. The molecule has 6 atom stereocenters. The van der Waals surface area contributed by atoms with Gasteiger partial charge >= 0.3 is 11.9 Å². The highest BCUT2D eigenvalue weighted by Crippen LogP contribution is 2.62. The van der Waals surface area contributed by atoms with Crippen LogP contribution in [0.1, 0.15) is 5.56 Å². The number of aliphatic carboxylic acids is 2. The predicted octanol–water partition coefficient (Wildman–Crippen LogP) is 0.468. The summed E-state index contributed by atoms with van der Waals surface area (Å²) in [5.74, 6) is -5.97. The van der Waals surface area contributed by atoms with Crippen LogP contribution in [-0.4, -0.2) is 45.0 Å². The Balaban J connectivity index is 1.79. The van der Waals surface area contributed by atoms with Crippen molar-refractivity contribution in [3.05, 3.63) is 34.6 Å². The molecule has 9 heteroatoms. The number of carbonyl (C=O) groups is 2. The second-order valence-corrected chi connectivity index (χ2v) is 6.58. The molecule has 24 heavy (non-hydrogen) atoms. The first-order chi connectivity index (χ1) is 11.2. The van der Waals surface area contributed by atoms with Crippen molar-refractivity contribution in [2.24, 2.45) is 23.5 Å². The normalized spacial score (nSPS) is 37.1. The fourth-order valence-corrected chi connectivity index (χ4v) is 3.80. The van der Waals surface area contributed by atoms with E-state index in [-0.39, 0.29) is 11.6 Å². The molecule has 0 radical (unpaired) electrons. The molecule has 0 amide bonds. The first kappa shape index (κ1) is 17.1. The Hall–Kier alpha value is -1.74. The minimum absolute atomic E-state index is 0.0658. The van der Waals surface area contributed by atoms with Gasteiger partial charge in [-0.2, -0.15) is 0 Å². The molecule has 3 rings (SSSR count). The minimum Gasteiger partial charge on any atom is -0.481 e. The summed E-state index contributed by atoms with van der Waals surface area (Å²) in [5, 5.41) is 28.7. The van der Waals surface area contributed by atoms with Gasteiger partial charge in [-0.3, -0.25) is 9.59 Å². The van der Waals surface area contributed by atoms with E-state index in [9.17, 15) is 24.2 Å². The maximum atomic E-state index is 13.4. The molecule has 2 fully saturated rings. The Labute approximate surface area is 140 Å². The zero-order valence-electron chi connectivity index (χ0n) is 12.2. The standard InChI is InChI=1S/C15H15ClFNO6/c16-6-2-1-5(3-7(6)17)4-24-12-11(19)8-9(13(20)21)10(8)15(12,18)14(22)23/h1-3,8-12,19H,4,18H2,(H,20,21)(H,22,23)/t8-,9-,10-,11+,12+,15+/m0/s1. The minimum atomic E-state index is -2.02. The van der Waals surface area contributed by atoms with E-state index in [2.05, 4.69) is 0 Å². The van der Waals surface area contributed by atoms with Gasteiger partial charge in [-0.05, 0) is 17.7 Å². The first-order valence-electron chi connectivity index (χ1n) is 7.18. The molecule has 0 saturated heterocycles. The van der Waals surface area contributed by atoms with Gasteiger partial charge in [0, 0.05) is 11.8 Å². The molecular formula is C15H15ClFNO6. The highest BCUT2D eigenvalue weighted by molar-refractivity contribution is 6.30. The van der Waals surface area contributed by atoms with Crippen LogP contribution in [0.4, 0.5) is 4.39 Å². The van der Waals surface area contributed by atoms with Gasteiger partial charge in [-0.25, -0.2) is 4.39 Å². The first-order valence-corrected chi connectivity index (χ1v) is 7.56. The lowest BCUT2D eigenvalue weighted by Gasteiger charge is -2.32. The van der Waals surface area contributed by atoms with E-state index >= 15 is 0 Å². The molecule has 0 aliphatic heterocycles. The fourth-order valence-electron chi connectivity index (χ4n) is 3.68. The third-order valence-electron chi connectivity index (χ3n) is 4.87. The van der Waals surface area contributed by atoms with Crippen molar-refractivity contribution in [2.75, 3.05) is 0 Å². The number of halogens is 2. The molecular weight excluding hydrogens is 345 g/mol. The molecule has 1 aromatic rings. The van der Waals surface area contributed by atoms with Crippen LogP contribution in [0.5, 0.6) is 0 Å². The van der Waals surface area contributed by atoms with Gasteiger partial charge < -0.3 is 25.8 Å². The third kappa shape index (κ3) is 2.37. The number of aliphatic hydroxyl groups is 1. The van der Waals surface area contributed by atoms with Crippen LogP contribution < -0.4 is 5.73 Å². The van der Waals surface area contributed by atoms with Crippen LogP contribution in [0, 0.1) is 23.6 Å². The number of hydrogen-bond acceptors (Lipinski definition) is 5. The van der Waals surface area contributed by atoms with E-state index in [0.29, 0.717) is 5.56 Å². The number of aliphatic hydroxyl groups excluding tert-OH is 1. The zero-order chi connectivity index (χ0) is 17.8. The van der Waals surface area contributed by atoms with Gasteiger partial charge in [0.25, 0.3) is 0 Å². The number of hydrogen-bond donors (Lipinski definition) is 4. The molecule has 0 heterocycles. The molecule has 2 aliphatic rings. The van der Waals surface area contributed by atoms with Crippen LogP contribution in [0.15, 0.2) is 18.2 Å². The maximum absolute atomic E-state index is 13.4. The summed E-state index contributed by atoms with van der Waals surface area (Å²) in [5.41, 5.74) is 4.29. The molecule has 7 nitrogen and oxygen atoms in total. The fraction of sp³-hybridized carbons (Fsp3) is 0.467. The average Bonchev–Trinajstić information content (AvgIpc) is 3.21. The second kappa shape index (κ2) is 5.66. The van der Waals surface area contributed by atoms with Crippen molar-refractivity contribution in [1.29, 1.82) is 0 Å². The summed E-state index contributed by atoms with van der Waals surface area (Å²) in [6.07, 6.45) is -2.62. The van der Waals surface area contributed by atoms with Crippen molar-refractivity contribution in [2.45, 2.75) is 24.4 Å². The van der Waals surface area contributed by atoms with Gasteiger partial charge in [0.05, 0.1) is 23.7 Å².